The number of hydrogen-bond acceptors (Lipinski definition) is 5. The van der Waals surface area contributed by atoms with Gasteiger partial charge >= 0.3 is 11.7 Å². The summed E-state index contributed by atoms with van der Waals surface area (Å²) in [4.78, 5) is 27.7. The highest BCUT2D eigenvalue weighted by molar-refractivity contribution is 5.77. The monoisotopic (exact) mass is 264 g/mol. The number of hydrogen-bond donors (Lipinski definition) is 0. The molecule has 102 valence electrons. The van der Waals surface area contributed by atoms with Gasteiger partial charge in [-0.05, 0) is 25.0 Å². The fraction of sp³-hybridized carbons (Fsp3) is 0.462. The summed E-state index contributed by atoms with van der Waals surface area (Å²) in [5.41, 5.74) is 0.706. The molecular formula is C13H16N2O4. The Morgan fingerprint density at radius 2 is 2.21 bits per heavy atom. The van der Waals surface area contributed by atoms with Crippen molar-refractivity contribution in [2.24, 2.45) is 5.92 Å². The smallest absolute Gasteiger partial charge is 0.422 e. The van der Waals surface area contributed by atoms with Crippen LogP contribution in [0.5, 0.6) is 0 Å². The van der Waals surface area contributed by atoms with Crippen molar-refractivity contribution in [1.29, 1.82) is 0 Å². The van der Waals surface area contributed by atoms with E-state index in [4.69, 9.17) is 9.15 Å². The molecule has 0 aliphatic carbocycles. The standard InChI is InChI=1S/C13H16N2O4/c1-8(2)7-18-12(16)9(3)15-11-10(19-13(15)17)5-4-6-14-11/h4-6,8-9H,7H2,1-3H3. The lowest BCUT2D eigenvalue weighted by Crippen LogP contribution is -2.27. The van der Waals surface area contributed by atoms with E-state index in [1.807, 2.05) is 13.8 Å². The highest BCUT2D eigenvalue weighted by Crippen LogP contribution is 2.15. The highest BCUT2D eigenvalue weighted by atomic mass is 16.5. The molecule has 2 rings (SSSR count). The topological polar surface area (TPSA) is 74.3 Å². The predicted molar refractivity (Wildman–Crippen MR) is 68.8 cm³/mol. The lowest BCUT2D eigenvalue weighted by Gasteiger charge is -2.13. The lowest BCUT2D eigenvalue weighted by atomic mass is 10.2. The van der Waals surface area contributed by atoms with Gasteiger partial charge in [-0.1, -0.05) is 13.8 Å². The second-order valence-corrected chi connectivity index (χ2v) is 4.76. The molecule has 0 fully saturated rings. The lowest BCUT2D eigenvalue weighted by molar-refractivity contribution is -0.148. The van der Waals surface area contributed by atoms with E-state index in [9.17, 15) is 9.59 Å². The summed E-state index contributed by atoms with van der Waals surface area (Å²) >= 11 is 0. The van der Waals surface area contributed by atoms with Crippen molar-refractivity contribution in [2.45, 2.75) is 26.8 Å². The Labute approximate surface area is 110 Å². The number of ether oxygens (including phenoxy) is 1. The first kappa shape index (κ1) is 13.3. The minimum atomic E-state index is -0.762. The molecule has 0 spiro atoms. The van der Waals surface area contributed by atoms with E-state index in [0.717, 1.165) is 0 Å². The molecule has 0 aliphatic heterocycles. The van der Waals surface area contributed by atoms with Gasteiger partial charge in [0.05, 0.1) is 6.61 Å². The van der Waals surface area contributed by atoms with E-state index >= 15 is 0 Å². The number of esters is 1. The van der Waals surface area contributed by atoms with Crippen LogP contribution in [0.3, 0.4) is 0 Å². The molecule has 2 aromatic rings. The van der Waals surface area contributed by atoms with E-state index in [0.29, 0.717) is 17.8 Å². The molecule has 6 heteroatoms. The number of oxazole rings is 1. The van der Waals surface area contributed by atoms with Crippen molar-refractivity contribution in [1.82, 2.24) is 9.55 Å². The van der Waals surface area contributed by atoms with Gasteiger partial charge < -0.3 is 9.15 Å². The minimum absolute atomic E-state index is 0.243. The normalized spacial score (nSPS) is 12.8. The SMILES string of the molecule is CC(C)COC(=O)C(C)n1c(=O)oc2cccnc21. The maximum Gasteiger partial charge on any atom is 0.422 e. The summed E-state index contributed by atoms with van der Waals surface area (Å²) in [7, 11) is 0. The molecule has 1 atom stereocenters. The molecule has 0 saturated heterocycles. The number of fused-ring (bicyclic) bond motifs is 1. The molecule has 0 N–H and O–H groups in total. The van der Waals surface area contributed by atoms with Gasteiger partial charge in [0.15, 0.2) is 11.2 Å². The molecule has 0 saturated carbocycles. The van der Waals surface area contributed by atoms with Crippen LogP contribution in [0.4, 0.5) is 0 Å². The zero-order valence-corrected chi connectivity index (χ0v) is 11.1. The van der Waals surface area contributed by atoms with Crippen LogP contribution in [0, 0.1) is 5.92 Å². The Hall–Kier alpha value is -2.11. The third-order valence-electron chi connectivity index (χ3n) is 2.66. The molecule has 19 heavy (non-hydrogen) atoms. The van der Waals surface area contributed by atoms with E-state index in [2.05, 4.69) is 4.98 Å². The fourth-order valence-corrected chi connectivity index (χ4v) is 1.69. The van der Waals surface area contributed by atoms with Gasteiger partial charge in [0, 0.05) is 6.20 Å². The van der Waals surface area contributed by atoms with Crippen LogP contribution in [0.15, 0.2) is 27.5 Å². The number of rotatable bonds is 4. The van der Waals surface area contributed by atoms with E-state index < -0.39 is 17.8 Å². The third kappa shape index (κ3) is 2.67. The van der Waals surface area contributed by atoms with Crippen molar-refractivity contribution in [3.8, 4) is 0 Å². The van der Waals surface area contributed by atoms with Crippen LogP contribution in [0.1, 0.15) is 26.8 Å². The molecule has 0 amide bonds. The molecule has 1 unspecified atom stereocenters. The van der Waals surface area contributed by atoms with Crippen molar-refractivity contribution >= 4 is 17.2 Å². The van der Waals surface area contributed by atoms with Gasteiger partial charge in [-0.3, -0.25) is 0 Å². The van der Waals surface area contributed by atoms with Crippen LogP contribution in [-0.2, 0) is 9.53 Å². The molecule has 2 heterocycles. The van der Waals surface area contributed by atoms with Crippen LogP contribution < -0.4 is 5.76 Å². The zero-order chi connectivity index (χ0) is 14.0. The van der Waals surface area contributed by atoms with Gasteiger partial charge in [-0.2, -0.15) is 0 Å². The fourth-order valence-electron chi connectivity index (χ4n) is 1.69. The van der Waals surface area contributed by atoms with Crippen LogP contribution in [-0.4, -0.2) is 22.1 Å². The predicted octanol–water partition coefficient (Wildman–Crippen LogP) is 1.75. The Morgan fingerprint density at radius 1 is 1.47 bits per heavy atom. The van der Waals surface area contributed by atoms with Crippen molar-refractivity contribution in [2.75, 3.05) is 6.61 Å². The average molecular weight is 264 g/mol. The quantitative estimate of drug-likeness (QED) is 0.786. The summed E-state index contributed by atoms with van der Waals surface area (Å²) in [6, 6.07) is 2.53. The van der Waals surface area contributed by atoms with Crippen molar-refractivity contribution in [3.63, 3.8) is 0 Å². The van der Waals surface area contributed by atoms with Gasteiger partial charge in [0.25, 0.3) is 0 Å². The Kier molecular flexibility index (Phi) is 3.69. The Bertz CT molecular complexity index is 641. The molecule has 0 aromatic carbocycles. The summed E-state index contributed by atoms with van der Waals surface area (Å²) < 4.78 is 11.4. The summed E-state index contributed by atoms with van der Waals surface area (Å²) in [5, 5.41) is 0. The molecule has 0 radical (unpaired) electrons. The van der Waals surface area contributed by atoms with Crippen LogP contribution >= 0.6 is 0 Å². The average Bonchev–Trinajstić information content (AvgIpc) is 2.70. The molecular weight excluding hydrogens is 248 g/mol. The van der Waals surface area contributed by atoms with Gasteiger partial charge in [-0.15, -0.1) is 0 Å². The van der Waals surface area contributed by atoms with Gasteiger partial charge in [-0.25, -0.2) is 19.1 Å². The number of nitrogens with zero attached hydrogens (tertiary/aromatic N) is 2. The largest absolute Gasteiger partial charge is 0.464 e. The highest BCUT2D eigenvalue weighted by Gasteiger charge is 2.23. The van der Waals surface area contributed by atoms with Crippen LogP contribution in [0.2, 0.25) is 0 Å². The second kappa shape index (κ2) is 5.26. The first-order valence-electron chi connectivity index (χ1n) is 6.13. The van der Waals surface area contributed by atoms with Gasteiger partial charge in [0.1, 0.15) is 6.04 Å². The number of carbonyl (C=O) groups is 1. The minimum Gasteiger partial charge on any atom is -0.464 e. The van der Waals surface area contributed by atoms with E-state index in [1.165, 1.54) is 4.57 Å². The Balaban J connectivity index is 2.31. The first-order valence-corrected chi connectivity index (χ1v) is 6.13. The number of pyridine rings is 1. The second-order valence-electron chi connectivity index (χ2n) is 4.76. The maximum atomic E-state index is 11.9. The van der Waals surface area contributed by atoms with Crippen molar-refractivity contribution in [3.05, 3.63) is 28.9 Å². The third-order valence-corrected chi connectivity index (χ3v) is 2.66. The van der Waals surface area contributed by atoms with Crippen molar-refractivity contribution < 1.29 is 13.9 Å². The number of aromatic nitrogens is 2. The van der Waals surface area contributed by atoms with E-state index in [1.54, 1.807) is 25.3 Å². The summed E-state index contributed by atoms with van der Waals surface area (Å²) in [5.74, 6) is -0.834. The summed E-state index contributed by atoms with van der Waals surface area (Å²) in [6.45, 7) is 5.80. The first-order chi connectivity index (χ1) is 9.00. The molecule has 2 aromatic heterocycles. The zero-order valence-electron chi connectivity index (χ0n) is 11.1. The summed E-state index contributed by atoms with van der Waals surface area (Å²) in [6.07, 6.45) is 1.54. The van der Waals surface area contributed by atoms with Gasteiger partial charge in [0.2, 0.25) is 0 Å². The molecule has 6 nitrogen and oxygen atoms in total. The number of carbonyl (C=O) groups excluding carboxylic acids is 1. The van der Waals surface area contributed by atoms with Crippen LogP contribution in [0.25, 0.3) is 11.2 Å². The maximum absolute atomic E-state index is 11.9. The van der Waals surface area contributed by atoms with E-state index in [-0.39, 0.29) is 5.92 Å². The Morgan fingerprint density at radius 3 is 2.89 bits per heavy atom. The molecule has 0 bridgehead atoms. The molecule has 0 aliphatic rings.